The van der Waals surface area contributed by atoms with Gasteiger partial charge in [0.1, 0.15) is 12.9 Å². The zero-order valence-corrected chi connectivity index (χ0v) is 14.8. The number of oxime groups is 1. The summed E-state index contributed by atoms with van der Waals surface area (Å²) in [5.74, 6) is 0.459. The van der Waals surface area contributed by atoms with Gasteiger partial charge in [0.25, 0.3) is 0 Å². The van der Waals surface area contributed by atoms with Crippen molar-refractivity contribution in [2.45, 2.75) is 0 Å². The molecule has 0 heterocycles. The summed E-state index contributed by atoms with van der Waals surface area (Å²) >= 11 is 3.34. The number of hydrazone groups is 1. The zero-order chi connectivity index (χ0) is 17.4. The fourth-order valence-corrected chi connectivity index (χ4v) is 2.04. The van der Waals surface area contributed by atoms with E-state index in [2.05, 4.69) is 36.5 Å². The second-order valence-corrected chi connectivity index (χ2v) is 5.51. The van der Waals surface area contributed by atoms with Crippen molar-refractivity contribution in [3.05, 3.63) is 58.6 Å². The van der Waals surface area contributed by atoms with E-state index in [-0.39, 0.29) is 11.5 Å². The summed E-state index contributed by atoms with van der Waals surface area (Å²) in [7, 11) is 2.99. The lowest BCUT2D eigenvalue weighted by molar-refractivity contribution is 0.106. The number of ketones is 1. The molecule has 0 aliphatic rings. The Labute approximate surface area is 148 Å². The van der Waals surface area contributed by atoms with Gasteiger partial charge in [0.05, 0.1) is 19.0 Å². The van der Waals surface area contributed by atoms with Gasteiger partial charge in [-0.25, -0.2) is 0 Å². The van der Waals surface area contributed by atoms with Crippen molar-refractivity contribution in [2.24, 2.45) is 10.3 Å². The number of halogens is 1. The number of benzene rings is 2. The van der Waals surface area contributed by atoms with Crippen molar-refractivity contribution in [3.63, 3.8) is 0 Å². The molecule has 0 aromatic heterocycles. The van der Waals surface area contributed by atoms with Crippen LogP contribution in [-0.4, -0.2) is 31.9 Å². The molecule has 24 heavy (non-hydrogen) atoms. The summed E-state index contributed by atoms with van der Waals surface area (Å²) in [6.45, 7) is 0. The van der Waals surface area contributed by atoms with Crippen molar-refractivity contribution in [1.29, 1.82) is 0 Å². The topological polar surface area (TPSA) is 72.3 Å². The van der Waals surface area contributed by atoms with Crippen molar-refractivity contribution >= 4 is 39.3 Å². The fourth-order valence-electron chi connectivity index (χ4n) is 1.78. The van der Waals surface area contributed by atoms with Crippen LogP contribution in [0.1, 0.15) is 10.4 Å². The highest BCUT2D eigenvalue weighted by Crippen LogP contribution is 2.15. The first-order valence-corrected chi connectivity index (χ1v) is 7.78. The van der Waals surface area contributed by atoms with Gasteiger partial charge in [-0.05, 0) is 48.5 Å². The molecule has 6 nitrogen and oxygen atoms in total. The highest BCUT2D eigenvalue weighted by atomic mass is 79.9. The van der Waals surface area contributed by atoms with Crippen LogP contribution in [0.15, 0.2) is 63.3 Å². The van der Waals surface area contributed by atoms with Gasteiger partial charge in [0.15, 0.2) is 5.71 Å². The zero-order valence-electron chi connectivity index (χ0n) is 13.2. The van der Waals surface area contributed by atoms with Crippen molar-refractivity contribution in [2.75, 3.05) is 19.6 Å². The lowest BCUT2D eigenvalue weighted by Gasteiger charge is -2.05. The Kier molecular flexibility index (Phi) is 6.51. The molecule has 0 saturated heterocycles. The van der Waals surface area contributed by atoms with Crippen LogP contribution in [0.4, 0.5) is 5.69 Å². The van der Waals surface area contributed by atoms with Crippen LogP contribution < -0.4 is 10.2 Å². The normalized spacial score (nSPS) is 11.4. The minimum absolute atomic E-state index is 0.120. The van der Waals surface area contributed by atoms with E-state index in [9.17, 15) is 4.79 Å². The van der Waals surface area contributed by atoms with Crippen LogP contribution in [0.25, 0.3) is 0 Å². The SMILES string of the molecule is CO/N=C/C(=N/Nc1ccc(OC)cc1)C(=O)c1ccc(Br)cc1. The van der Waals surface area contributed by atoms with E-state index in [1.54, 1.807) is 55.6 Å². The maximum absolute atomic E-state index is 12.5. The number of carbonyl (C=O) groups is 1. The number of carbonyl (C=O) groups excluding carboxylic acids is 1. The van der Waals surface area contributed by atoms with E-state index in [1.165, 1.54) is 13.3 Å². The van der Waals surface area contributed by atoms with Gasteiger partial charge in [-0.1, -0.05) is 21.1 Å². The minimum atomic E-state index is -0.274. The molecule has 2 aromatic carbocycles. The number of anilines is 1. The van der Waals surface area contributed by atoms with E-state index in [1.807, 2.05) is 0 Å². The van der Waals surface area contributed by atoms with Crippen molar-refractivity contribution in [1.82, 2.24) is 0 Å². The molecule has 0 atom stereocenters. The predicted molar refractivity (Wildman–Crippen MR) is 98.0 cm³/mol. The number of nitrogens with zero attached hydrogens (tertiary/aromatic N) is 2. The summed E-state index contributed by atoms with van der Waals surface area (Å²) in [4.78, 5) is 17.2. The first kappa shape index (κ1) is 17.7. The van der Waals surface area contributed by atoms with Crippen LogP contribution in [-0.2, 0) is 4.84 Å². The molecule has 0 unspecified atom stereocenters. The number of hydrogen-bond acceptors (Lipinski definition) is 6. The van der Waals surface area contributed by atoms with E-state index < -0.39 is 0 Å². The summed E-state index contributed by atoms with van der Waals surface area (Å²) in [6, 6.07) is 14.1. The van der Waals surface area contributed by atoms with Gasteiger partial charge in [-0.15, -0.1) is 0 Å². The highest BCUT2D eigenvalue weighted by molar-refractivity contribution is 9.10. The third-order valence-electron chi connectivity index (χ3n) is 3.01. The Morgan fingerprint density at radius 1 is 1.08 bits per heavy atom. The van der Waals surface area contributed by atoms with Crippen LogP contribution >= 0.6 is 15.9 Å². The van der Waals surface area contributed by atoms with E-state index >= 15 is 0 Å². The quantitative estimate of drug-likeness (QED) is 0.444. The maximum atomic E-state index is 12.5. The summed E-state index contributed by atoms with van der Waals surface area (Å²) in [6.07, 6.45) is 1.26. The first-order chi connectivity index (χ1) is 11.6. The molecular weight excluding hydrogens is 374 g/mol. The van der Waals surface area contributed by atoms with Gasteiger partial charge >= 0.3 is 0 Å². The second kappa shape index (κ2) is 8.83. The average Bonchev–Trinajstić information content (AvgIpc) is 2.62. The average molecular weight is 390 g/mol. The molecule has 0 radical (unpaired) electrons. The van der Waals surface area contributed by atoms with Gasteiger partial charge < -0.3 is 9.57 Å². The van der Waals surface area contributed by atoms with E-state index in [0.717, 1.165) is 10.2 Å². The second-order valence-electron chi connectivity index (χ2n) is 4.59. The molecule has 7 heteroatoms. The minimum Gasteiger partial charge on any atom is -0.497 e. The lowest BCUT2D eigenvalue weighted by atomic mass is 10.1. The third-order valence-corrected chi connectivity index (χ3v) is 3.54. The Hall–Kier alpha value is -2.67. The Morgan fingerprint density at radius 3 is 2.33 bits per heavy atom. The predicted octanol–water partition coefficient (Wildman–Crippen LogP) is 3.74. The molecule has 1 N–H and O–H groups in total. The number of methoxy groups -OCH3 is 1. The fraction of sp³-hybridized carbons (Fsp3) is 0.118. The molecule has 2 rings (SSSR count). The van der Waals surface area contributed by atoms with Crippen molar-refractivity contribution in [3.8, 4) is 5.75 Å². The van der Waals surface area contributed by atoms with Crippen LogP contribution in [0.2, 0.25) is 0 Å². The highest BCUT2D eigenvalue weighted by Gasteiger charge is 2.13. The summed E-state index contributed by atoms with van der Waals surface area (Å²) in [5.41, 5.74) is 4.15. The Morgan fingerprint density at radius 2 is 1.75 bits per heavy atom. The molecule has 124 valence electrons. The molecular formula is C17H16BrN3O3. The van der Waals surface area contributed by atoms with Gasteiger partial charge in [0.2, 0.25) is 5.78 Å². The largest absolute Gasteiger partial charge is 0.497 e. The summed E-state index contributed by atoms with van der Waals surface area (Å²) in [5, 5.41) is 7.75. The lowest BCUT2D eigenvalue weighted by Crippen LogP contribution is -2.17. The Balaban J connectivity index is 2.21. The molecule has 0 spiro atoms. The van der Waals surface area contributed by atoms with E-state index in [4.69, 9.17) is 4.74 Å². The molecule has 0 aliphatic heterocycles. The third kappa shape index (κ3) is 4.92. The van der Waals surface area contributed by atoms with Gasteiger partial charge in [0, 0.05) is 10.0 Å². The molecule has 0 fully saturated rings. The molecule has 0 aliphatic carbocycles. The smallest absolute Gasteiger partial charge is 0.214 e. The molecule has 0 saturated carbocycles. The van der Waals surface area contributed by atoms with Gasteiger partial charge in [-0.2, -0.15) is 5.10 Å². The maximum Gasteiger partial charge on any atom is 0.214 e. The van der Waals surface area contributed by atoms with Crippen LogP contribution in [0.5, 0.6) is 5.75 Å². The molecule has 0 amide bonds. The van der Waals surface area contributed by atoms with Crippen molar-refractivity contribution < 1.29 is 14.4 Å². The number of ether oxygens (including phenoxy) is 1. The van der Waals surface area contributed by atoms with E-state index in [0.29, 0.717) is 11.3 Å². The number of nitrogens with one attached hydrogen (secondary N) is 1. The van der Waals surface area contributed by atoms with Gasteiger partial charge in [-0.3, -0.25) is 10.2 Å². The van der Waals surface area contributed by atoms with Crippen LogP contribution in [0.3, 0.4) is 0 Å². The standard InChI is InChI=1S/C17H16BrN3O3/c1-23-15-9-7-14(8-10-15)20-21-16(11-19-24-2)17(22)12-3-5-13(18)6-4-12/h3-11,20H,1-2H3/b19-11+,21-16-. The van der Waals surface area contributed by atoms with Crippen LogP contribution in [0, 0.1) is 0 Å². The molecule has 0 bridgehead atoms. The molecule has 2 aromatic rings. The monoisotopic (exact) mass is 389 g/mol. The Bertz CT molecular complexity index is 741. The summed E-state index contributed by atoms with van der Waals surface area (Å²) < 4.78 is 5.98. The first-order valence-electron chi connectivity index (χ1n) is 6.98. The number of rotatable bonds is 7. The number of hydrogen-bond donors (Lipinski definition) is 1. The number of Topliss-reactive ketones (excluding diaryl/α,β-unsaturated/α-hetero) is 1.